The zero-order chi connectivity index (χ0) is 30.1. The Kier molecular flexibility index (Phi) is 31.8. The molecular weight excluding hydrogens is 496 g/mol. The van der Waals surface area contributed by atoms with Gasteiger partial charge in [0.25, 0.3) is 0 Å². The summed E-state index contributed by atoms with van der Waals surface area (Å²) < 4.78 is 0. The summed E-state index contributed by atoms with van der Waals surface area (Å²) in [6.07, 6.45) is 49.8. The lowest BCUT2D eigenvalue weighted by atomic mass is 9.82. The Morgan fingerprint density at radius 1 is 0.415 bits per heavy atom. The van der Waals surface area contributed by atoms with Crippen molar-refractivity contribution >= 4 is 0 Å². The third-order valence-corrected chi connectivity index (χ3v) is 9.21. The molecule has 0 aliphatic heterocycles. The first-order chi connectivity index (χ1) is 20.1. The molecule has 1 unspecified atom stereocenters. The van der Waals surface area contributed by atoms with Crippen molar-refractivity contribution < 1.29 is 0 Å². The summed E-state index contributed by atoms with van der Waals surface area (Å²) in [5.74, 6) is 0. The van der Waals surface area contributed by atoms with Crippen molar-refractivity contribution in [1.29, 1.82) is 0 Å². The zero-order valence-corrected chi connectivity index (χ0v) is 28.8. The van der Waals surface area contributed by atoms with Gasteiger partial charge in [-0.3, -0.25) is 0 Å². The number of hydrogen-bond donors (Lipinski definition) is 2. The van der Waals surface area contributed by atoms with Crippen molar-refractivity contribution in [2.45, 2.75) is 225 Å². The first kappa shape index (κ1) is 40.4. The second-order valence-corrected chi connectivity index (χ2v) is 13.4. The van der Waals surface area contributed by atoms with Crippen LogP contribution >= 0.6 is 0 Å². The van der Waals surface area contributed by atoms with Crippen LogP contribution in [0, 0.1) is 0 Å². The van der Waals surface area contributed by atoms with Gasteiger partial charge in [0, 0.05) is 11.6 Å². The van der Waals surface area contributed by atoms with E-state index in [0.29, 0.717) is 0 Å². The van der Waals surface area contributed by atoms with Crippen molar-refractivity contribution in [3.05, 3.63) is 24.3 Å². The molecular formula is C39H78N2. The maximum absolute atomic E-state index is 6.82. The summed E-state index contributed by atoms with van der Waals surface area (Å²) in [5.41, 5.74) is 13.0. The van der Waals surface area contributed by atoms with Gasteiger partial charge in [0.15, 0.2) is 0 Å². The lowest BCUT2D eigenvalue weighted by molar-refractivity contribution is 0.289. The summed E-state index contributed by atoms with van der Waals surface area (Å²) in [6.45, 7) is 6.70. The van der Waals surface area contributed by atoms with Crippen LogP contribution in [-0.2, 0) is 0 Å². The minimum absolute atomic E-state index is 0.0914. The summed E-state index contributed by atoms with van der Waals surface area (Å²) in [5, 5.41) is 0. The van der Waals surface area contributed by atoms with E-state index in [4.69, 9.17) is 11.5 Å². The van der Waals surface area contributed by atoms with Gasteiger partial charge in [-0.15, -0.1) is 0 Å². The molecule has 0 bridgehead atoms. The maximum atomic E-state index is 6.82. The monoisotopic (exact) mass is 575 g/mol. The lowest BCUT2D eigenvalue weighted by Crippen LogP contribution is -2.53. The van der Waals surface area contributed by atoms with Crippen molar-refractivity contribution in [3.63, 3.8) is 0 Å². The van der Waals surface area contributed by atoms with Crippen LogP contribution < -0.4 is 11.5 Å². The minimum atomic E-state index is -0.165. The molecule has 0 rings (SSSR count). The summed E-state index contributed by atoms with van der Waals surface area (Å²) in [7, 11) is 0. The van der Waals surface area contributed by atoms with E-state index < -0.39 is 0 Å². The van der Waals surface area contributed by atoms with Gasteiger partial charge >= 0.3 is 0 Å². The Bertz CT molecular complexity index is 508. The Balaban J connectivity index is 3.60. The number of rotatable bonds is 33. The summed E-state index contributed by atoms with van der Waals surface area (Å²) in [4.78, 5) is 0. The van der Waals surface area contributed by atoms with Gasteiger partial charge in [-0.1, -0.05) is 167 Å². The maximum Gasteiger partial charge on any atom is 0.0305 e. The van der Waals surface area contributed by atoms with E-state index in [-0.39, 0.29) is 11.6 Å². The largest absolute Gasteiger partial charge is 0.326 e. The number of hydrogen-bond acceptors (Lipinski definition) is 2. The highest BCUT2D eigenvalue weighted by molar-refractivity contribution is 4.91. The highest BCUT2D eigenvalue weighted by Gasteiger charge is 2.28. The highest BCUT2D eigenvalue weighted by Crippen LogP contribution is 2.24. The topological polar surface area (TPSA) is 52.0 Å². The molecule has 244 valence electrons. The molecule has 0 aliphatic carbocycles. The Labute approximate surface area is 260 Å². The molecule has 0 amide bonds. The molecule has 1 atom stereocenters. The van der Waals surface area contributed by atoms with Gasteiger partial charge in [-0.05, 0) is 71.1 Å². The molecule has 0 aromatic heterocycles. The molecule has 41 heavy (non-hydrogen) atoms. The molecule has 0 aromatic carbocycles. The second-order valence-electron chi connectivity index (χ2n) is 13.4. The normalized spacial score (nSPS) is 13.2. The minimum Gasteiger partial charge on any atom is -0.326 e. The smallest absolute Gasteiger partial charge is 0.0305 e. The van der Waals surface area contributed by atoms with Crippen LogP contribution in [0.2, 0.25) is 0 Å². The van der Waals surface area contributed by atoms with Crippen molar-refractivity contribution in [3.8, 4) is 0 Å². The molecule has 0 heterocycles. The molecule has 2 heteroatoms. The van der Waals surface area contributed by atoms with Crippen molar-refractivity contribution in [2.75, 3.05) is 0 Å². The number of nitrogens with two attached hydrogens (primary N) is 2. The second kappa shape index (κ2) is 32.3. The average Bonchev–Trinajstić information content (AvgIpc) is 2.96. The van der Waals surface area contributed by atoms with Crippen LogP contribution in [0.4, 0.5) is 0 Å². The third kappa shape index (κ3) is 29.3. The molecule has 0 radical (unpaired) electrons. The fourth-order valence-corrected chi connectivity index (χ4v) is 5.98. The molecule has 0 saturated heterocycles. The third-order valence-electron chi connectivity index (χ3n) is 9.21. The Hall–Kier alpha value is -0.600. The van der Waals surface area contributed by atoms with Crippen LogP contribution in [0.25, 0.3) is 0 Å². The predicted octanol–water partition coefficient (Wildman–Crippen LogP) is 12.9. The molecule has 4 N–H and O–H groups in total. The van der Waals surface area contributed by atoms with E-state index in [1.807, 2.05) is 0 Å². The van der Waals surface area contributed by atoms with Gasteiger partial charge in [-0.2, -0.15) is 0 Å². The SMILES string of the molecule is CCCCCCCC/C=C\CCCCCCCCC(N)(CCCCCCCC/C=C\CCCCCCCC)C(C)N. The first-order valence-electron chi connectivity index (χ1n) is 18.9. The molecule has 2 nitrogen and oxygen atoms in total. The molecule has 0 aliphatic rings. The van der Waals surface area contributed by atoms with E-state index in [9.17, 15) is 0 Å². The van der Waals surface area contributed by atoms with Gasteiger partial charge in [-0.25, -0.2) is 0 Å². The molecule has 0 spiro atoms. The summed E-state index contributed by atoms with van der Waals surface area (Å²) in [6, 6.07) is 0.0914. The number of unbranched alkanes of at least 4 members (excludes halogenated alkanes) is 24. The van der Waals surface area contributed by atoms with Crippen LogP contribution in [-0.4, -0.2) is 11.6 Å². The van der Waals surface area contributed by atoms with Gasteiger partial charge in [0.1, 0.15) is 0 Å². The fraction of sp³-hybridized carbons (Fsp3) is 0.897. The molecule has 0 saturated carbocycles. The Morgan fingerprint density at radius 2 is 0.659 bits per heavy atom. The average molecular weight is 575 g/mol. The van der Waals surface area contributed by atoms with Crippen LogP contribution in [0.5, 0.6) is 0 Å². The molecule has 0 fully saturated rings. The summed E-state index contributed by atoms with van der Waals surface area (Å²) >= 11 is 0. The van der Waals surface area contributed by atoms with E-state index in [1.165, 1.54) is 180 Å². The van der Waals surface area contributed by atoms with E-state index in [0.717, 1.165) is 12.8 Å². The first-order valence-corrected chi connectivity index (χ1v) is 18.9. The predicted molar refractivity (Wildman–Crippen MR) is 189 cm³/mol. The fourth-order valence-electron chi connectivity index (χ4n) is 5.98. The van der Waals surface area contributed by atoms with Gasteiger partial charge in [0.05, 0.1) is 0 Å². The van der Waals surface area contributed by atoms with Crippen LogP contribution in [0.3, 0.4) is 0 Å². The number of allylic oxidation sites excluding steroid dienone is 4. The van der Waals surface area contributed by atoms with Crippen molar-refractivity contribution in [1.82, 2.24) is 0 Å². The zero-order valence-electron chi connectivity index (χ0n) is 28.8. The Morgan fingerprint density at radius 3 is 0.927 bits per heavy atom. The lowest BCUT2D eigenvalue weighted by Gasteiger charge is -2.34. The van der Waals surface area contributed by atoms with Crippen LogP contribution in [0.1, 0.15) is 213 Å². The van der Waals surface area contributed by atoms with E-state index >= 15 is 0 Å². The van der Waals surface area contributed by atoms with Gasteiger partial charge < -0.3 is 11.5 Å². The van der Waals surface area contributed by atoms with Gasteiger partial charge in [0.2, 0.25) is 0 Å². The van der Waals surface area contributed by atoms with Crippen LogP contribution in [0.15, 0.2) is 24.3 Å². The highest BCUT2D eigenvalue weighted by atomic mass is 14.8. The van der Waals surface area contributed by atoms with E-state index in [2.05, 4.69) is 45.1 Å². The van der Waals surface area contributed by atoms with E-state index in [1.54, 1.807) is 0 Å². The quantitative estimate of drug-likeness (QED) is 0.0605. The molecule has 0 aromatic rings. The van der Waals surface area contributed by atoms with Crippen molar-refractivity contribution in [2.24, 2.45) is 11.5 Å². The standard InChI is InChI=1S/C39H78N2/c1-4-6-8-10-12-14-16-18-20-22-24-26-28-30-32-34-36-39(41,38(3)40)37-35-33-31-29-27-25-23-21-19-17-15-13-11-9-7-5-2/h18-21,38H,4-17,22-37,40-41H2,1-3H3/b20-18-,21-19-.